The molecular weight excluding hydrogens is 438 g/mol. The molecule has 0 unspecified atom stereocenters. The van der Waals surface area contributed by atoms with Crippen LogP contribution in [-0.2, 0) is 11.3 Å². The first-order chi connectivity index (χ1) is 16.2. The Bertz CT molecular complexity index is 1320. The van der Waals surface area contributed by atoms with Gasteiger partial charge in [-0.3, -0.25) is 14.7 Å². The normalized spacial score (nSPS) is 12.4. The smallest absolute Gasteiger partial charge is 0.253 e. The zero-order valence-corrected chi connectivity index (χ0v) is 18.7. The van der Waals surface area contributed by atoms with Crippen molar-refractivity contribution in [3.8, 4) is 17.2 Å². The maximum absolute atomic E-state index is 13.3. The molecule has 2 aromatic heterocycles. The van der Waals surface area contributed by atoms with E-state index in [1.807, 2.05) is 55.5 Å². The number of pyridine rings is 1. The first kappa shape index (κ1) is 21.0. The fourth-order valence-corrected chi connectivity index (χ4v) is 4.48. The first-order valence-electron chi connectivity index (χ1n) is 10.5. The summed E-state index contributed by atoms with van der Waals surface area (Å²) in [6, 6.07) is 15.2. The summed E-state index contributed by atoms with van der Waals surface area (Å²) in [5.74, 6) is 1.90. The van der Waals surface area contributed by atoms with E-state index in [0.717, 1.165) is 21.3 Å². The third-order valence-electron chi connectivity index (χ3n) is 5.05. The van der Waals surface area contributed by atoms with Crippen LogP contribution in [0.4, 0.5) is 5.13 Å². The number of amides is 1. The SMILES string of the molecule is CCOc1cccc2sc(N(Cc3cccnc3)C(=O)/C=C/c3ccc4c(c3)OCO4)nc12. The van der Waals surface area contributed by atoms with Crippen molar-refractivity contribution in [2.24, 2.45) is 0 Å². The number of hydrogen-bond donors (Lipinski definition) is 0. The summed E-state index contributed by atoms with van der Waals surface area (Å²) < 4.78 is 17.5. The molecule has 0 fully saturated rings. The molecule has 1 amide bonds. The van der Waals surface area contributed by atoms with Crippen LogP contribution in [0.15, 0.2) is 67.0 Å². The fraction of sp³-hybridized carbons (Fsp3) is 0.160. The molecule has 0 bridgehead atoms. The van der Waals surface area contributed by atoms with E-state index >= 15 is 0 Å². The van der Waals surface area contributed by atoms with E-state index in [2.05, 4.69) is 4.98 Å². The number of ether oxygens (including phenoxy) is 3. The van der Waals surface area contributed by atoms with Gasteiger partial charge in [0.1, 0.15) is 11.3 Å². The zero-order valence-electron chi connectivity index (χ0n) is 17.9. The molecule has 1 aliphatic rings. The fourth-order valence-electron chi connectivity index (χ4n) is 3.49. The van der Waals surface area contributed by atoms with Crippen molar-refractivity contribution < 1.29 is 19.0 Å². The molecule has 7 nitrogen and oxygen atoms in total. The molecule has 1 aliphatic heterocycles. The van der Waals surface area contributed by atoms with Gasteiger partial charge >= 0.3 is 0 Å². The summed E-state index contributed by atoms with van der Waals surface area (Å²) in [5.41, 5.74) is 2.51. The number of aromatic nitrogens is 2. The molecule has 2 aromatic carbocycles. The number of carbonyl (C=O) groups is 1. The van der Waals surface area contributed by atoms with Gasteiger partial charge in [-0.2, -0.15) is 0 Å². The highest BCUT2D eigenvalue weighted by atomic mass is 32.1. The number of fused-ring (bicyclic) bond motifs is 2. The van der Waals surface area contributed by atoms with Crippen molar-refractivity contribution >= 4 is 38.7 Å². The summed E-state index contributed by atoms with van der Waals surface area (Å²) in [7, 11) is 0. The van der Waals surface area contributed by atoms with E-state index in [9.17, 15) is 4.79 Å². The second-order valence-electron chi connectivity index (χ2n) is 7.26. The van der Waals surface area contributed by atoms with Gasteiger partial charge in [0.2, 0.25) is 6.79 Å². The van der Waals surface area contributed by atoms with Crippen LogP contribution < -0.4 is 19.1 Å². The van der Waals surface area contributed by atoms with Gasteiger partial charge in [0.25, 0.3) is 5.91 Å². The van der Waals surface area contributed by atoms with Gasteiger partial charge in [-0.05, 0) is 54.5 Å². The van der Waals surface area contributed by atoms with Crippen LogP contribution in [0.2, 0.25) is 0 Å². The molecule has 5 rings (SSSR count). The van der Waals surface area contributed by atoms with Crippen LogP contribution in [0.1, 0.15) is 18.1 Å². The predicted octanol–water partition coefficient (Wildman–Crippen LogP) is 5.07. The standard InChI is InChI=1S/C25H21N3O4S/c1-2-30-20-6-3-7-22-24(20)27-25(33-22)28(15-18-5-4-12-26-14-18)23(29)11-9-17-8-10-19-21(13-17)32-16-31-19/h3-14H,2,15-16H2,1H3/b11-9+. The van der Waals surface area contributed by atoms with Gasteiger partial charge in [-0.15, -0.1) is 0 Å². The highest BCUT2D eigenvalue weighted by Gasteiger charge is 2.20. The Morgan fingerprint density at radius 3 is 2.94 bits per heavy atom. The minimum absolute atomic E-state index is 0.187. The topological polar surface area (TPSA) is 73.8 Å². The molecule has 0 spiro atoms. The molecule has 8 heteroatoms. The van der Waals surface area contributed by atoms with E-state index in [-0.39, 0.29) is 12.7 Å². The number of para-hydroxylation sites is 1. The van der Waals surface area contributed by atoms with Gasteiger partial charge in [-0.1, -0.05) is 29.5 Å². The van der Waals surface area contributed by atoms with Crippen LogP contribution in [0.3, 0.4) is 0 Å². The summed E-state index contributed by atoms with van der Waals surface area (Å²) in [6.07, 6.45) is 6.77. The number of benzene rings is 2. The Morgan fingerprint density at radius 2 is 2.09 bits per heavy atom. The van der Waals surface area contributed by atoms with E-state index < -0.39 is 0 Å². The largest absolute Gasteiger partial charge is 0.492 e. The number of nitrogens with zero attached hydrogens (tertiary/aromatic N) is 3. The Hall–Kier alpha value is -3.91. The number of rotatable bonds is 7. The Labute approximate surface area is 194 Å². The highest BCUT2D eigenvalue weighted by Crippen LogP contribution is 2.35. The number of hydrogen-bond acceptors (Lipinski definition) is 7. The lowest BCUT2D eigenvalue weighted by Gasteiger charge is -2.18. The highest BCUT2D eigenvalue weighted by molar-refractivity contribution is 7.22. The van der Waals surface area contributed by atoms with Gasteiger partial charge in [0.15, 0.2) is 16.6 Å². The second-order valence-corrected chi connectivity index (χ2v) is 8.27. The molecule has 0 radical (unpaired) electrons. The van der Waals surface area contributed by atoms with E-state index in [1.165, 1.54) is 11.3 Å². The van der Waals surface area contributed by atoms with Gasteiger partial charge in [0, 0.05) is 18.5 Å². The predicted molar refractivity (Wildman–Crippen MR) is 128 cm³/mol. The van der Waals surface area contributed by atoms with Crippen molar-refractivity contribution in [1.82, 2.24) is 9.97 Å². The molecule has 3 heterocycles. The van der Waals surface area contributed by atoms with Crippen LogP contribution in [0, 0.1) is 0 Å². The second kappa shape index (κ2) is 9.30. The van der Waals surface area contributed by atoms with Crippen molar-refractivity contribution in [3.05, 3.63) is 78.1 Å². The Morgan fingerprint density at radius 1 is 1.18 bits per heavy atom. The molecule has 0 aliphatic carbocycles. The van der Waals surface area contributed by atoms with Gasteiger partial charge in [-0.25, -0.2) is 4.98 Å². The average Bonchev–Trinajstić information content (AvgIpc) is 3.49. The lowest BCUT2D eigenvalue weighted by atomic mass is 10.2. The molecular formula is C25H21N3O4S. The van der Waals surface area contributed by atoms with Crippen molar-refractivity contribution in [1.29, 1.82) is 0 Å². The molecule has 0 N–H and O–H groups in total. The maximum atomic E-state index is 13.3. The van der Waals surface area contributed by atoms with Crippen molar-refractivity contribution in [3.63, 3.8) is 0 Å². The van der Waals surface area contributed by atoms with Crippen LogP contribution in [0.5, 0.6) is 17.2 Å². The van der Waals surface area contributed by atoms with E-state index in [0.29, 0.717) is 35.5 Å². The molecule has 4 aromatic rings. The molecule has 166 valence electrons. The Kier molecular flexibility index (Phi) is 5.91. The van der Waals surface area contributed by atoms with E-state index in [1.54, 1.807) is 29.4 Å². The van der Waals surface area contributed by atoms with Crippen molar-refractivity contribution in [2.75, 3.05) is 18.3 Å². The average molecular weight is 460 g/mol. The first-order valence-corrected chi connectivity index (χ1v) is 11.3. The summed E-state index contributed by atoms with van der Waals surface area (Å²) in [4.78, 5) is 23.9. The summed E-state index contributed by atoms with van der Waals surface area (Å²) >= 11 is 1.45. The molecule has 0 saturated carbocycles. The molecule has 0 atom stereocenters. The third kappa shape index (κ3) is 4.51. The Balaban J connectivity index is 1.47. The summed E-state index contributed by atoms with van der Waals surface area (Å²) in [5, 5.41) is 0.598. The van der Waals surface area contributed by atoms with Crippen LogP contribution in [-0.4, -0.2) is 29.3 Å². The third-order valence-corrected chi connectivity index (χ3v) is 6.09. The maximum Gasteiger partial charge on any atom is 0.253 e. The number of thiazole rings is 1. The quantitative estimate of drug-likeness (QED) is 0.360. The summed E-state index contributed by atoms with van der Waals surface area (Å²) in [6.45, 7) is 3.04. The van der Waals surface area contributed by atoms with Crippen LogP contribution in [0.25, 0.3) is 16.3 Å². The number of carbonyl (C=O) groups excluding carboxylic acids is 1. The monoisotopic (exact) mass is 459 g/mol. The van der Waals surface area contributed by atoms with Crippen LogP contribution >= 0.6 is 11.3 Å². The minimum atomic E-state index is -0.187. The lowest BCUT2D eigenvalue weighted by molar-refractivity contribution is -0.114. The number of anilines is 1. The van der Waals surface area contributed by atoms with E-state index in [4.69, 9.17) is 19.2 Å². The van der Waals surface area contributed by atoms with Gasteiger partial charge < -0.3 is 14.2 Å². The minimum Gasteiger partial charge on any atom is -0.492 e. The lowest BCUT2D eigenvalue weighted by Crippen LogP contribution is -2.28. The van der Waals surface area contributed by atoms with Gasteiger partial charge in [0.05, 0.1) is 17.9 Å². The molecule has 0 saturated heterocycles. The molecule has 33 heavy (non-hydrogen) atoms. The zero-order chi connectivity index (χ0) is 22.6. The van der Waals surface area contributed by atoms with Crippen molar-refractivity contribution in [2.45, 2.75) is 13.5 Å².